The lowest BCUT2D eigenvalue weighted by molar-refractivity contribution is -0.137. The van der Waals surface area contributed by atoms with Crippen LogP contribution in [0.1, 0.15) is 29.5 Å². The number of carbonyl (C=O) groups is 2. The van der Waals surface area contributed by atoms with Gasteiger partial charge >= 0.3 is 5.97 Å². The average molecular weight is 364 g/mol. The van der Waals surface area contributed by atoms with Gasteiger partial charge in [-0.15, -0.1) is 0 Å². The van der Waals surface area contributed by atoms with Gasteiger partial charge in [0.25, 0.3) is 5.91 Å². The summed E-state index contributed by atoms with van der Waals surface area (Å²) in [7, 11) is 0. The predicted molar refractivity (Wildman–Crippen MR) is 101 cm³/mol. The standard InChI is InChI=1S/C21H20N2O4/c1-13(12-18(24)25)22-21(26)17-10-8-15(9-11-17)19-14(2)27-23-20(19)16-6-4-3-5-7-16/h3-11,13H,12H2,1-2H3,(H,22,26)(H,24,25)/t13-/m1/s1. The van der Waals surface area contributed by atoms with Crippen molar-refractivity contribution in [3.05, 3.63) is 65.9 Å². The number of carboxylic acids is 1. The number of aliphatic carboxylic acids is 1. The van der Waals surface area contributed by atoms with Crippen molar-refractivity contribution in [3.63, 3.8) is 0 Å². The quantitative estimate of drug-likeness (QED) is 0.692. The monoisotopic (exact) mass is 364 g/mol. The van der Waals surface area contributed by atoms with E-state index in [4.69, 9.17) is 9.63 Å². The first-order valence-electron chi connectivity index (χ1n) is 8.60. The van der Waals surface area contributed by atoms with E-state index >= 15 is 0 Å². The van der Waals surface area contributed by atoms with Gasteiger partial charge in [-0.1, -0.05) is 47.6 Å². The maximum atomic E-state index is 12.3. The van der Waals surface area contributed by atoms with Crippen molar-refractivity contribution in [2.75, 3.05) is 0 Å². The topological polar surface area (TPSA) is 92.4 Å². The molecule has 6 heteroatoms. The van der Waals surface area contributed by atoms with Crippen LogP contribution >= 0.6 is 0 Å². The normalized spacial score (nSPS) is 11.8. The summed E-state index contributed by atoms with van der Waals surface area (Å²) in [5.74, 6) is -0.559. The Balaban J connectivity index is 1.84. The van der Waals surface area contributed by atoms with Gasteiger partial charge < -0.3 is 14.9 Å². The van der Waals surface area contributed by atoms with Gasteiger partial charge in [-0.25, -0.2) is 0 Å². The zero-order valence-electron chi connectivity index (χ0n) is 15.1. The molecule has 2 aromatic carbocycles. The molecule has 0 spiro atoms. The Morgan fingerprint density at radius 2 is 1.74 bits per heavy atom. The number of hydrogen-bond donors (Lipinski definition) is 2. The van der Waals surface area contributed by atoms with Gasteiger partial charge in [0.1, 0.15) is 11.5 Å². The highest BCUT2D eigenvalue weighted by Gasteiger charge is 2.17. The van der Waals surface area contributed by atoms with Crippen molar-refractivity contribution in [1.29, 1.82) is 0 Å². The van der Waals surface area contributed by atoms with Crippen molar-refractivity contribution in [3.8, 4) is 22.4 Å². The molecule has 1 atom stereocenters. The fourth-order valence-electron chi connectivity index (χ4n) is 2.91. The van der Waals surface area contributed by atoms with E-state index in [0.29, 0.717) is 11.3 Å². The van der Waals surface area contributed by atoms with E-state index in [1.165, 1.54) is 0 Å². The van der Waals surface area contributed by atoms with Gasteiger partial charge in [-0.2, -0.15) is 0 Å². The molecule has 6 nitrogen and oxygen atoms in total. The van der Waals surface area contributed by atoms with Crippen LogP contribution in [0.4, 0.5) is 0 Å². The molecule has 0 fully saturated rings. The predicted octanol–water partition coefficient (Wildman–Crippen LogP) is 3.91. The van der Waals surface area contributed by atoms with Gasteiger partial charge in [-0.05, 0) is 31.5 Å². The van der Waals surface area contributed by atoms with E-state index < -0.39 is 12.0 Å². The molecule has 0 aliphatic rings. The van der Waals surface area contributed by atoms with Crippen molar-refractivity contribution in [1.82, 2.24) is 10.5 Å². The molecule has 2 N–H and O–H groups in total. The zero-order chi connectivity index (χ0) is 19.4. The molecule has 0 unspecified atom stereocenters. The van der Waals surface area contributed by atoms with E-state index in [0.717, 1.165) is 22.4 Å². The van der Waals surface area contributed by atoms with Gasteiger partial charge in [0.05, 0.1) is 12.0 Å². The largest absolute Gasteiger partial charge is 0.481 e. The molecule has 0 radical (unpaired) electrons. The first-order chi connectivity index (χ1) is 13.0. The molecule has 1 heterocycles. The molecule has 27 heavy (non-hydrogen) atoms. The highest BCUT2D eigenvalue weighted by atomic mass is 16.5. The van der Waals surface area contributed by atoms with E-state index in [1.807, 2.05) is 49.4 Å². The Bertz CT molecular complexity index is 946. The third-order valence-electron chi connectivity index (χ3n) is 4.20. The summed E-state index contributed by atoms with van der Waals surface area (Å²) in [5.41, 5.74) is 3.94. The Morgan fingerprint density at radius 1 is 1.07 bits per heavy atom. The van der Waals surface area contributed by atoms with Crippen LogP contribution in [-0.2, 0) is 4.79 Å². The van der Waals surface area contributed by atoms with Gasteiger partial charge in [0, 0.05) is 17.2 Å². The molecule has 138 valence electrons. The lowest BCUT2D eigenvalue weighted by Gasteiger charge is -2.12. The minimum absolute atomic E-state index is 0.121. The summed E-state index contributed by atoms with van der Waals surface area (Å²) in [6, 6.07) is 16.4. The van der Waals surface area contributed by atoms with Crippen molar-refractivity contribution in [2.45, 2.75) is 26.3 Å². The molecule has 0 aliphatic heterocycles. The first kappa shape index (κ1) is 18.4. The van der Waals surface area contributed by atoms with Crippen LogP contribution in [0.3, 0.4) is 0 Å². The van der Waals surface area contributed by atoms with E-state index in [-0.39, 0.29) is 12.3 Å². The summed E-state index contributed by atoms with van der Waals surface area (Å²) in [6.45, 7) is 3.51. The smallest absolute Gasteiger partial charge is 0.305 e. The molecule has 0 bridgehead atoms. The van der Waals surface area contributed by atoms with E-state index in [1.54, 1.807) is 19.1 Å². The van der Waals surface area contributed by atoms with Crippen LogP contribution in [0.2, 0.25) is 0 Å². The summed E-state index contributed by atoms with van der Waals surface area (Å²) in [4.78, 5) is 23.0. The molecule has 0 saturated heterocycles. The number of benzene rings is 2. The highest BCUT2D eigenvalue weighted by molar-refractivity contribution is 5.95. The van der Waals surface area contributed by atoms with Crippen LogP contribution in [-0.4, -0.2) is 28.2 Å². The molecule has 0 aliphatic carbocycles. The molecule has 1 amide bonds. The van der Waals surface area contributed by atoms with Crippen LogP contribution in [0, 0.1) is 6.92 Å². The molecule has 3 aromatic rings. The SMILES string of the molecule is Cc1onc(-c2ccccc2)c1-c1ccc(C(=O)N[C@H](C)CC(=O)O)cc1. The molecule has 3 rings (SSSR count). The summed E-state index contributed by atoms with van der Waals surface area (Å²) in [6.07, 6.45) is -0.121. The first-order valence-corrected chi connectivity index (χ1v) is 8.60. The summed E-state index contributed by atoms with van der Waals surface area (Å²) in [5, 5.41) is 15.6. The zero-order valence-corrected chi connectivity index (χ0v) is 15.1. The van der Waals surface area contributed by atoms with E-state index in [9.17, 15) is 9.59 Å². The number of nitrogens with one attached hydrogen (secondary N) is 1. The maximum Gasteiger partial charge on any atom is 0.305 e. The van der Waals surface area contributed by atoms with Crippen molar-refractivity contribution < 1.29 is 19.2 Å². The number of aryl methyl sites for hydroxylation is 1. The Hall–Kier alpha value is -3.41. The number of aromatic nitrogens is 1. The minimum atomic E-state index is -0.950. The summed E-state index contributed by atoms with van der Waals surface area (Å²) >= 11 is 0. The third kappa shape index (κ3) is 4.23. The van der Waals surface area contributed by atoms with Crippen LogP contribution in [0.15, 0.2) is 59.1 Å². The van der Waals surface area contributed by atoms with Crippen molar-refractivity contribution >= 4 is 11.9 Å². The third-order valence-corrected chi connectivity index (χ3v) is 4.20. The lowest BCUT2D eigenvalue weighted by atomic mass is 9.98. The fraction of sp³-hybridized carbons (Fsp3) is 0.190. The molecular weight excluding hydrogens is 344 g/mol. The number of carboxylic acid groups (broad SMARTS) is 1. The molecular formula is C21H20N2O4. The fourth-order valence-corrected chi connectivity index (χ4v) is 2.91. The number of amides is 1. The highest BCUT2D eigenvalue weighted by Crippen LogP contribution is 2.34. The average Bonchev–Trinajstić information content (AvgIpc) is 3.03. The maximum absolute atomic E-state index is 12.3. The van der Waals surface area contributed by atoms with Crippen LogP contribution in [0.25, 0.3) is 22.4 Å². The Morgan fingerprint density at radius 3 is 2.37 bits per heavy atom. The summed E-state index contributed by atoms with van der Waals surface area (Å²) < 4.78 is 5.39. The van der Waals surface area contributed by atoms with Crippen molar-refractivity contribution in [2.24, 2.45) is 0 Å². The van der Waals surface area contributed by atoms with E-state index in [2.05, 4.69) is 10.5 Å². The number of hydrogen-bond acceptors (Lipinski definition) is 4. The molecule has 0 saturated carbocycles. The second-order valence-corrected chi connectivity index (χ2v) is 6.38. The van der Waals surface area contributed by atoms with Gasteiger partial charge in [0.15, 0.2) is 0 Å². The second kappa shape index (κ2) is 7.86. The molecule has 1 aromatic heterocycles. The number of nitrogens with zero attached hydrogens (tertiary/aromatic N) is 1. The van der Waals surface area contributed by atoms with Gasteiger partial charge in [-0.3, -0.25) is 9.59 Å². The minimum Gasteiger partial charge on any atom is -0.481 e. The number of rotatable bonds is 6. The van der Waals surface area contributed by atoms with Crippen LogP contribution in [0.5, 0.6) is 0 Å². The van der Waals surface area contributed by atoms with Crippen LogP contribution < -0.4 is 5.32 Å². The Labute approximate surface area is 156 Å². The Kier molecular flexibility index (Phi) is 5.35. The number of carbonyl (C=O) groups excluding carboxylic acids is 1. The second-order valence-electron chi connectivity index (χ2n) is 6.38. The lowest BCUT2D eigenvalue weighted by Crippen LogP contribution is -2.34. The van der Waals surface area contributed by atoms with Gasteiger partial charge in [0.2, 0.25) is 0 Å².